The quantitative estimate of drug-likeness (QED) is 0.513. The first kappa shape index (κ1) is 20.6. The zero-order valence-electron chi connectivity index (χ0n) is 15.3. The lowest BCUT2D eigenvalue weighted by Crippen LogP contribution is -2.35. The SMILES string of the molecule is Cc1ccc(C(=O)CCC(=O)NCCNC(=O)Cc2ccc(Cl)cc2)cc1. The molecule has 0 aromatic heterocycles. The number of amides is 2. The van der Waals surface area contributed by atoms with Gasteiger partial charge in [-0.3, -0.25) is 14.4 Å². The van der Waals surface area contributed by atoms with E-state index in [-0.39, 0.29) is 36.9 Å². The molecule has 0 atom stereocenters. The normalized spacial score (nSPS) is 10.3. The zero-order chi connectivity index (χ0) is 19.6. The van der Waals surface area contributed by atoms with Crippen molar-refractivity contribution in [3.05, 3.63) is 70.2 Å². The van der Waals surface area contributed by atoms with Gasteiger partial charge in [-0.25, -0.2) is 0 Å². The van der Waals surface area contributed by atoms with Crippen LogP contribution in [-0.4, -0.2) is 30.7 Å². The zero-order valence-corrected chi connectivity index (χ0v) is 16.0. The summed E-state index contributed by atoms with van der Waals surface area (Å²) in [5.41, 5.74) is 2.57. The predicted molar refractivity (Wildman–Crippen MR) is 106 cm³/mol. The minimum Gasteiger partial charge on any atom is -0.354 e. The first-order valence-electron chi connectivity index (χ1n) is 8.82. The molecule has 0 spiro atoms. The minimum absolute atomic E-state index is 0.0542. The van der Waals surface area contributed by atoms with Crippen LogP contribution in [0.3, 0.4) is 0 Å². The first-order chi connectivity index (χ1) is 12.9. The van der Waals surface area contributed by atoms with Gasteiger partial charge in [-0.05, 0) is 24.6 Å². The van der Waals surface area contributed by atoms with Crippen molar-refractivity contribution in [3.63, 3.8) is 0 Å². The fraction of sp³-hybridized carbons (Fsp3) is 0.286. The number of nitrogens with one attached hydrogen (secondary N) is 2. The van der Waals surface area contributed by atoms with Crippen LogP contribution in [0.2, 0.25) is 5.02 Å². The van der Waals surface area contributed by atoms with Crippen LogP contribution in [0.15, 0.2) is 48.5 Å². The molecule has 2 N–H and O–H groups in total. The van der Waals surface area contributed by atoms with E-state index in [0.29, 0.717) is 23.7 Å². The van der Waals surface area contributed by atoms with E-state index in [1.165, 1.54) is 0 Å². The van der Waals surface area contributed by atoms with Crippen molar-refractivity contribution in [2.45, 2.75) is 26.2 Å². The van der Waals surface area contributed by atoms with Gasteiger partial charge in [0, 0.05) is 36.5 Å². The highest BCUT2D eigenvalue weighted by Gasteiger charge is 2.09. The molecule has 142 valence electrons. The van der Waals surface area contributed by atoms with Crippen LogP contribution in [0.5, 0.6) is 0 Å². The van der Waals surface area contributed by atoms with Crippen molar-refractivity contribution in [1.82, 2.24) is 10.6 Å². The summed E-state index contributed by atoms with van der Waals surface area (Å²) in [5.74, 6) is -0.384. The van der Waals surface area contributed by atoms with E-state index in [4.69, 9.17) is 11.6 Å². The van der Waals surface area contributed by atoms with Gasteiger partial charge in [0.25, 0.3) is 0 Å². The molecule has 0 bridgehead atoms. The number of carbonyl (C=O) groups is 3. The average Bonchev–Trinajstić information content (AvgIpc) is 2.66. The van der Waals surface area contributed by atoms with Crippen LogP contribution in [-0.2, 0) is 16.0 Å². The van der Waals surface area contributed by atoms with E-state index in [1.54, 1.807) is 36.4 Å². The number of hydrogen-bond donors (Lipinski definition) is 2. The fourth-order valence-corrected chi connectivity index (χ4v) is 2.58. The highest BCUT2D eigenvalue weighted by atomic mass is 35.5. The molecule has 0 aliphatic heterocycles. The first-order valence-corrected chi connectivity index (χ1v) is 9.19. The largest absolute Gasteiger partial charge is 0.354 e. The molecule has 0 fully saturated rings. The van der Waals surface area contributed by atoms with Crippen molar-refractivity contribution in [1.29, 1.82) is 0 Å². The van der Waals surface area contributed by atoms with Gasteiger partial charge in [-0.2, -0.15) is 0 Å². The Bertz CT molecular complexity index is 786. The summed E-state index contributed by atoms with van der Waals surface area (Å²) >= 11 is 5.80. The topological polar surface area (TPSA) is 75.3 Å². The van der Waals surface area contributed by atoms with Crippen molar-refractivity contribution >= 4 is 29.2 Å². The van der Waals surface area contributed by atoms with E-state index in [1.807, 2.05) is 19.1 Å². The maximum atomic E-state index is 12.0. The second-order valence-corrected chi connectivity index (χ2v) is 6.73. The Labute approximate surface area is 164 Å². The standard InChI is InChI=1S/C21H23ClN2O3/c1-15-2-6-17(7-3-15)19(25)10-11-20(26)23-12-13-24-21(27)14-16-4-8-18(22)9-5-16/h2-9H,10-14H2,1H3,(H,23,26)(H,24,27). The van der Waals surface area contributed by atoms with Gasteiger partial charge in [-0.15, -0.1) is 0 Å². The van der Waals surface area contributed by atoms with E-state index < -0.39 is 0 Å². The number of Topliss-reactive ketones (excluding diaryl/α,β-unsaturated/α-hetero) is 1. The minimum atomic E-state index is -0.206. The Balaban J connectivity index is 1.60. The molecule has 5 nitrogen and oxygen atoms in total. The van der Waals surface area contributed by atoms with Crippen LogP contribution >= 0.6 is 11.6 Å². The van der Waals surface area contributed by atoms with E-state index in [9.17, 15) is 14.4 Å². The Hall–Kier alpha value is -2.66. The number of carbonyl (C=O) groups excluding carboxylic acids is 3. The van der Waals surface area contributed by atoms with Crippen molar-refractivity contribution in [2.75, 3.05) is 13.1 Å². The molecule has 2 aromatic rings. The average molecular weight is 387 g/mol. The lowest BCUT2D eigenvalue weighted by atomic mass is 10.1. The van der Waals surface area contributed by atoms with E-state index >= 15 is 0 Å². The molecule has 0 aliphatic carbocycles. The second kappa shape index (κ2) is 10.5. The Kier molecular flexibility index (Phi) is 8.01. The predicted octanol–water partition coefficient (Wildman–Crippen LogP) is 3.09. The maximum absolute atomic E-state index is 12.0. The summed E-state index contributed by atoms with van der Waals surface area (Å²) in [6, 6.07) is 14.4. The van der Waals surface area contributed by atoms with Gasteiger partial charge in [0.2, 0.25) is 11.8 Å². The summed E-state index contributed by atoms with van der Waals surface area (Å²) in [5, 5.41) is 6.07. The lowest BCUT2D eigenvalue weighted by Gasteiger charge is -2.07. The summed E-state index contributed by atoms with van der Waals surface area (Å²) in [4.78, 5) is 35.7. The maximum Gasteiger partial charge on any atom is 0.224 e. The van der Waals surface area contributed by atoms with Gasteiger partial charge in [0.1, 0.15) is 0 Å². The molecule has 6 heteroatoms. The summed E-state index contributed by atoms with van der Waals surface area (Å²) in [6.45, 7) is 2.62. The molecule has 0 saturated heterocycles. The second-order valence-electron chi connectivity index (χ2n) is 6.29. The highest BCUT2D eigenvalue weighted by Crippen LogP contribution is 2.10. The lowest BCUT2D eigenvalue weighted by molar-refractivity contribution is -0.122. The summed E-state index contributed by atoms with van der Waals surface area (Å²) in [7, 11) is 0. The van der Waals surface area contributed by atoms with Crippen LogP contribution in [0.4, 0.5) is 0 Å². The van der Waals surface area contributed by atoms with Crippen LogP contribution in [0, 0.1) is 6.92 Å². The molecular weight excluding hydrogens is 364 g/mol. The highest BCUT2D eigenvalue weighted by molar-refractivity contribution is 6.30. The molecule has 2 aromatic carbocycles. The molecule has 27 heavy (non-hydrogen) atoms. The Morgan fingerprint density at radius 3 is 2.04 bits per heavy atom. The molecule has 2 amide bonds. The monoisotopic (exact) mass is 386 g/mol. The number of aryl methyl sites for hydroxylation is 1. The smallest absolute Gasteiger partial charge is 0.224 e. The van der Waals surface area contributed by atoms with Crippen LogP contribution in [0.25, 0.3) is 0 Å². The van der Waals surface area contributed by atoms with Crippen LogP contribution in [0.1, 0.15) is 34.3 Å². The Morgan fingerprint density at radius 1 is 0.815 bits per heavy atom. The fourth-order valence-electron chi connectivity index (χ4n) is 2.45. The van der Waals surface area contributed by atoms with Crippen molar-refractivity contribution < 1.29 is 14.4 Å². The summed E-state index contributed by atoms with van der Waals surface area (Å²) < 4.78 is 0. The number of ketones is 1. The van der Waals surface area contributed by atoms with Crippen molar-refractivity contribution in [2.24, 2.45) is 0 Å². The molecular formula is C21H23ClN2O3. The van der Waals surface area contributed by atoms with Crippen LogP contribution < -0.4 is 10.6 Å². The third-order valence-electron chi connectivity index (χ3n) is 4.00. The van der Waals surface area contributed by atoms with Gasteiger partial charge in [-0.1, -0.05) is 53.6 Å². The van der Waals surface area contributed by atoms with E-state index in [0.717, 1.165) is 11.1 Å². The van der Waals surface area contributed by atoms with Gasteiger partial charge in [0.15, 0.2) is 5.78 Å². The molecule has 0 heterocycles. The summed E-state index contributed by atoms with van der Waals surface area (Å²) in [6.07, 6.45) is 0.555. The molecule has 0 aliphatic rings. The Morgan fingerprint density at radius 2 is 1.41 bits per heavy atom. The molecule has 2 rings (SSSR count). The van der Waals surface area contributed by atoms with Gasteiger partial charge < -0.3 is 10.6 Å². The van der Waals surface area contributed by atoms with Crippen molar-refractivity contribution in [3.8, 4) is 0 Å². The molecule has 0 saturated carbocycles. The molecule has 0 unspecified atom stereocenters. The van der Waals surface area contributed by atoms with Gasteiger partial charge >= 0.3 is 0 Å². The number of hydrogen-bond acceptors (Lipinski definition) is 3. The molecule has 0 radical (unpaired) electrons. The van der Waals surface area contributed by atoms with Gasteiger partial charge in [0.05, 0.1) is 6.42 Å². The third kappa shape index (κ3) is 7.62. The number of rotatable bonds is 9. The number of halogens is 1. The van der Waals surface area contributed by atoms with E-state index in [2.05, 4.69) is 10.6 Å². The third-order valence-corrected chi connectivity index (χ3v) is 4.25. The number of benzene rings is 2.